The third-order valence-corrected chi connectivity index (χ3v) is 0.601. The second kappa shape index (κ2) is 15.7. The molecule has 0 aliphatic carbocycles. The first-order valence-electron chi connectivity index (χ1n) is 2.31. The zero-order valence-corrected chi connectivity index (χ0v) is 6.72. The Morgan fingerprint density at radius 1 is 1.67 bits per heavy atom. The molecule has 0 heterocycles. The standard InChI is InChI=1S/C4H7NO.CH4O.Mn/c1-6-4-2-3-5;1-2;/h2-3H,4H2,1H3;2H,1H3;/b3-2+;;. The number of aliphatic hydroxyl groups is 1. The van der Waals surface area contributed by atoms with Gasteiger partial charge in [0.05, 0.1) is 0 Å². The van der Waals surface area contributed by atoms with Crippen LogP contribution in [-0.4, -0.2) is 25.9 Å². The van der Waals surface area contributed by atoms with Crippen LogP contribution in [0.25, 0.3) is 0 Å². The van der Waals surface area contributed by atoms with E-state index in [1.54, 1.807) is 19.4 Å². The number of nitrogens with zero attached hydrogens (tertiary/aromatic N) is 1. The predicted molar refractivity (Wildman–Crippen MR) is 31.6 cm³/mol. The Balaban J connectivity index is 0. The number of rotatable bonds is 3. The van der Waals surface area contributed by atoms with E-state index in [-0.39, 0.29) is 0 Å². The van der Waals surface area contributed by atoms with Gasteiger partial charge in [0.15, 0.2) is 0 Å². The molecule has 1 N–H and O–H groups in total. The summed E-state index contributed by atoms with van der Waals surface area (Å²) < 4.78 is 8.20. The van der Waals surface area contributed by atoms with Crippen molar-refractivity contribution in [2.45, 2.75) is 0 Å². The molecule has 0 aromatic rings. The molecule has 0 radical (unpaired) electrons. The van der Waals surface area contributed by atoms with Crippen LogP contribution in [-0.2, 0) is 20.6 Å². The molecule has 0 atom stereocenters. The molecule has 55 valence electrons. The van der Waals surface area contributed by atoms with Crippen molar-refractivity contribution in [1.82, 2.24) is 0 Å². The first-order chi connectivity index (χ1) is 4.41. The van der Waals surface area contributed by atoms with Crippen LogP contribution in [0.15, 0.2) is 16.2 Å². The third kappa shape index (κ3) is 18.0. The van der Waals surface area contributed by atoms with Crippen LogP contribution >= 0.6 is 0 Å². The molecule has 0 spiro atoms. The normalized spacial score (nSPS) is 8.33. The average molecular weight is 172 g/mol. The topological polar surface area (TPSA) is 41.8 Å². The van der Waals surface area contributed by atoms with Crippen molar-refractivity contribution in [3.05, 3.63) is 12.3 Å². The predicted octanol–water partition coefficient (Wildman–Crippen LogP) is 0.485. The van der Waals surface area contributed by atoms with Crippen LogP contribution < -0.4 is 0 Å². The van der Waals surface area contributed by atoms with E-state index in [1.165, 1.54) is 0 Å². The Bertz CT molecular complexity index is 75.4. The molecular formula is C5H11MnNO2. The molecule has 0 saturated heterocycles. The Hall–Kier alpha value is -0.0205. The van der Waals surface area contributed by atoms with E-state index in [2.05, 4.69) is 24.5 Å². The van der Waals surface area contributed by atoms with Crippen molar-refractivity contribution in [1.29, 1.82) is 0 Å². The maximum absolute atomic E-state index is 7.00. The molecule has 0 amide bonds. The summed E-state index contributed by atoms with van der Waals surface area (Å²) >= 11 is 2.86. The van der Waals surface area contributed by atoms with Crippen LogP contribution in [0.1, 0.15) is 0 Å². The van der Waals surface area contributed by atoms with Crippen LogP contribution in [0.2, 0.25) is 0 Å². The van der Waals surface area contributed by atoms with E-state index in [0.717, 1.165) is 7.11 Å². The fourth-order valence-electron chi connectivity index (χ4n) is 0.179. The summed E-state index contributed by atoms with van der Waals surface area (Å²) in [5.74, 6) is 0. The average Bonchev–Trinajstić information content (AvgIpc) is 1.94. The zero-order chi connectivity index (χ0) is 7.54. The van der Waals surface area contributed by atoms with Gasteiger partial charge in [-0.15, -0.1) is 0 Å². The minimum atomic E-state index is 0.620. The summed E-state index contributed by atoms with van der Waals surface area (Å²) in [6.45, 7) is 0.620. The van der Waals surface area contributed by atoms with Gasteiger partial charge in [-0.3, -0.25) is 0 Å². The molecule has 0 aliphatic heterocycles. The molecule has 0 aromatic carbocycles. The van der Waals surface area contributed by atoms with E-state index in [9.17, 15) is 0 Å². The first-order valence-corrected chi connectivity index (χ1v) is 2.84. The van der Waals surface area contributed by atoms with Gasteiger partial charge < -0.3 is 5.11 Å². The van der Waals surface area contributed by atoms with Crippen LogP contribution in [0.5, 0.6) is 0 Å². The molecule has 0 rings (SSSR count). The van der Waals surface area contributed by atoms with Gasteiger partial charge in [-0.25, -0.2) is 0 Å². The second-order valence-corrected chi connectivity index (χ2v) is 1.24. The van der Waals surface area contributed by atoms with Crippen molar-refractivity contribution in [2.24, 2.45) is 3.96 Å². The van der Waals surface area contributed by atoms with Gasteiger partial charge in [0.25, 0.3) is 0 Å². The Morgan fingerprint density at radius 3 is 2.56 bits per heavy atom. The van der Waals surface area contributed by atoms with Crippen molar-refractivity contribution >= 4 is 0 Å². The van der Waals surface area contributed by atoms with Crippen molar-refractivity contribution in [2.75, 3.05) is 20.8 Å². The molecule has 4 heteroatoms. The zero-order valence-electron chi connectivity index (χ0n) is 5.54. The van der Waals surface area contributed by atoms with Crippen molar-refractivity contribution in [3.8, 4) is 0 Å². The minimum absolute atomic E-state index is 0.620. The number of aliphatic hydroxyl groups excluding tert-OH is 1. The number of methoxy groups -OCH3 is 1. The number of hydrogen-bond acceptors (Lipinski definition) is 3. The molecule has 0 saturated carbocycles. The summed E-state index contributed by atoms with van der Waals surface area (Å²) in [7, 11) is 2.64. The van der Waals surface area contributed by atoms with Gasteiger partial charge in [-0.05, 0) is 0 Å². The van der Waals surface area contributed by atoms with E-state index in [0.29, 0.717) is 6.61 Å². The van der Waals surface area contributed by atoms with Gasteiger partial charge in [0.1, 0.15) is 0 Å². The Morgan fingerprint density at radius 2 is 2.22 bits per heavy atom. The fourth-order valence-corrected chi connectivity index (χ4v) is 0.304. The van der Waals surface area contributed by atoms with E-state index in [1.807, 2.05) is 0 Å². The monoisotopic (exact) mass is 172 g/mol. The van der Waals surface area contributed by atoms with E-state index < -0.39 is 0 Å². The summed E-state index contributed by atoms with van der Waals surface area (Å²) in [4.78, 5) is 0. The Labute approximate surface area is 63.3 Å². The first kappa shape index (κ1) is 11.7. The molecule has 0 fully saturated rings. The quantitative estimate of drug-likeness (QED) is 0.629. The van der Waals surface area contributed by atoms with Crippen molar-refractivity contribution < 1.29 is 25.7 Å². The van der Waals surface area contributed by atoms with Crippen LogP contribution in [0.4, 0.5) is 0 Å². The summed E-state index contributed by atoms with van der Waals surface area (Å²) in [5, 5.41) is 7.00. The second-order valence-electron chi connectivity index (χ2n) is 0.938. The molecule has 0 bridgehead atoms. The number of ether oxygens (including phenoxy) is 1. The molecule has 0 unspecified atom stereocenters. The SMILES string of the molecule is CO.COC/C=C/[N]=[Mn]. The molecule has 0 aromatic heterocycles. The van der Waals surface area contributed by atoms with Gasteiger partial charge in [0, 0.05) is 7.11 Å². The molecular weight excluding hydrogens is 161 g/mol. The summed E-state index contributed by atoms with van der Waals surface area (Å²) in [5.41, 5.74) is 0. The van der Waals surface area contributed by atoms with Crippen LogP contribution in [0, 0.1) is 0 Å². The number of hydrogen-bond donors (Lipinski definition) is 1. The molecule has 9 heavy (non-hydrogen) atoms. The van der Waals surface area contributed by atoms with Gasteiger partial charge in [-0.2, -0.15) is 0 Å². The summed E-state index contributed by atoms with van der Waals surface area (Å²) in [6, 6.07) is 0. The molecule has 3 nitrogen and oxygen atoms in total. The maximum atomic E-state index is 7.00. The van der Waals surface area contributed by atoms with Gasteiger partial charge in [-0.1, -0.05) is 0 Å². The fraction of sp³-hybridized carbons (Fsp3) is 0.600. The van der Waals surface area contributed by atoms with Crippen molar-refractivity contribution in [3.63, 3.8) is 0 Å². The van der Waals surface area contributed by atoms with E-state index >= 15 is 0 Å². The van der Waals surface area contributed by atoms with Crippen LogP contribution in [0.3, 0.4) is 0 Å². The van der Waals surface area contributed by atoms with Gasteiger partial charge in [0.2, 0.25) is 0 Å². The van der Waals surface area contributed by atoms with E-state index in [4.69, 9.17) is 5.11 Å². The molecule has 0 aliphatic rings. The Kier molecular flexibility index (Phi) is 20.4. The summed E-state index contributed by atoms with van der Waals surface area (Å²) in [6.07, 6.45) is 3.43. The third-order valence-electron chi connectivity index (χ3n) is 0.425. The van der Waals surface area contributed by atoms with Gasteiger partial charge >= 0.3 is 50.5 Å².